The molecule has 74 valence electrons. The summed E-state index contributed by atoms with van der Waals surface area (Å²) in [6.45, 7) is 0. The smallest absolute Gasteiger partial charge is 0.112 e. The minimum absolute atomic E-state index is 0.992. The van der Waals surface area contributed by atoms with Gasteiger partial charge in [-0.3, -0.25) is 5.10 Å². The molecular formula is C10H6IN3S. The van der Waals surface area contributed by atoms with Gasteiger partial charge >= 0.3 is 0 Å². The van der Waals surface area contributed by atoms with E-state index in [4.69, 9.17) is 0 Å². The molecule has 0 fully saturated rings. The van der Waals surface area contributed by atoms with E-state index in [0.717, 1.165) is 21.5 Å². The first-order chi connectivity index (χ1) is 7.34. The molecule has 2 heterocycles. The lowest BCUT2D eigenvalue weighted by Gasteiger charge is -1.93. The number of aromatic amines is 1. The quantitative estimate of drug-likeness (QED) is 0.697. The monoisotopic (exact) mass is 327 g/mol. The van der Waals surface area contributed by atoms with Gasteiger partial charge in [0.15, 0.2) is 0 Å². The summed E-state index contributed by atoms with van der Waals surface area (Å²) in [5.41, 5.74) is 2.06. The van der Waals surface area contributed by atoms with Crippen LogP contribution in [0.5, 0.6) is 0 Å². The molecule has 1 N–H and O–H groups in total. The minimum atomic E-state index is 0.992. The summed E-state index contributed by atoms with van der Waals surface area (Å²) in [6, 6.07) is 8.24. The molecule has 0 unspecified atom stereocenters. The zero-order valence-electron chi connectivity index (χ0n) is 7.57. The van der Waals surface area contributed by atoms with Crippen molar-refractivity contribution >= 4 is 45.0 Å². The van der Waals surface area contributed by atoms with Gasteiger partial charge < -0.3 is 0 Å². The molecule has 3 nitrogen and oxygen atoms in total. The highest BCUT2D eigenvalue weighted by Gasteiger charge is 2.09. The topological polar surface area (TPSA) is 41.6 Å². The van der Waals surface area contributed by atoms with E-state index >= 15 is 0 Å². The molecule has 0 atom stereocenters. The van der Waals surface area contributed by atoms with Gasteiger partial charge in [0.1, 0.15) is 5.69 Å². The van der Waals surface area contributed by atoms with E-state index in [1.165, 1.54) is 15.1 Å². The Kier molecular flexibility index (Phi) is 2.21. The third-order valence-electron chi connectivity index (χ3n) is 2.20. The van der Waals surface area contributed by atoms with E-state index < -0.39 is 0 Å². The highest BCUT2D eigenvalue weighted by molar-refractivity contribution is 14.1. The van der Waals surface area contributed by atoms with Crippen LogP contribution in [0.1, 0.15) is 0 Å². The molecule has 1 aromatic carbocycles. The van der Waals surface area contributed by atoms with Crippen molar-refractivity contribution in [2.75, 3.05) is 0 Å². The van der Waals surface area contributed by atoms with Crippen LogP contribution < -0.4 is 0 Å². The maximum absolute atomic E-state index is 4.32. The second kappa shape index (κ2) is 3.57. The lowest BCUT2D eigenvalue weighted by atomic mass is 10.2. The number of H-pyrrole nitrogens is 1. The average molecular weight is 327 g/mol. The van der Waals surface area contributed by atoms with Crippen LogP contribution in [0.15, 0.2) is 30.5 Å². The van der Waals surface area contributed by atoms with Crippen molar-refractivity contribution in [1.29, 1.82) is 0 Å². The Morgan fingerprint density at radius 1 is 1.27 bits per heavy atom. The van der Waals surface area contributed by atoms with Crippen molar-refractivity contribution in [2.45, 2.75) is 0 Å². The summed E-state index contributed by atoms with van der Waals surface area (Å²) < 4.78 is 5.31. The lowest BCUT2D eigenvalue weighted by Crippen LogP contribution is -1.73. The first-order valence-electron chi connectivity index (χ1n) is 4.39. The SMILES string of the molecule is Ic1ccc2[nH]nc(-c3ccns3)c2c1. The fourth-order valence-corrected chi connectivity index (χ4v) is 2.60. The van der Waals surface area contributed by atoms with Crippen LogP contribution in [0.2, 0.25) is 0 Å². The number of nitrogens with one attached hydrogen (secondary N) is 1. The van der Waals surface area contributed by atoms with E-state index in [-0.39, 0.29) is 0 Å². The molecule has 0 saturated heterocycles. The highest BCUT2D eigenvalue weighted by Crippen LogP contribution is 2.29. The van der Waals surface area contributed by atoms with E-state index in [1.54, 1.807) is 6.20 Å². The minimum Gasteiger partial charge on any atom is -0.277 e. The molecular weight excluding hydrogens is 321 g/mol. The average Bonchev–Trinajstić information content (AvgIpc) is 2.83. The van der Waals surface area contributed by atoms with Gasteiger partial charge in [-0.25, -0.2) is 4.37 Å². The third-order valence-corrected chi connectivity index (χ3v) is 3.62. The summed E-state index contributed by atoms with van der Waals surface area (Å²) in [5.74, 6) is 0. The fraction of sp³-hybridized carbons (Fsp3) is 0. The van der Waals surface area contributed by atoms with Gasteiger partial charge in [0, 0.05) is 15.2 Å². The van der Waals surface area contributed by atoms with Crippen molar-refractivity contribution in [2.24, 2.45) is 0 Å². The molecule has 0 spiro atoms. The third kappa shape index (κ3) is 1.55. The van der Waals surface area contributed by atoms with E-state index in [9.17, 15) is 0 Å². The van der Waals surface area contributed by atoms with Gasteiger partial charge in [-0.15, -0.1) is 0 Å². The zero-order chi connectivity index (χ0) is 10.3. The summed E-state index contributed by atoms with van der Waals surface area (Å²) in [4.78, 5) is 1.10. The Morgan fingerprint density at radius 2 is 2.20 bits per heavy atom. The fourth-order valence-electron chi connectivity index (χ4n) is 1.51. The first-order valence-corrected chi connectivity index (χ1v) is 6.24. The molecule has 0 bridgehead atoms. The molecule has 3 rings (SSSR count). The van der Waals surface area contributed by atoms with Gasteiger partial charge in [0.25, 0.3) is 0 Å². The maximum Gasteiger partial charge on any atom is 0.112 e. The van der Waals surface area contributed by atoms with Crippen LogP contribution in [0.4, 0.5) is 0 Å². The number of halogens is 1. The van der Waals surface area contributed by atoms with Crippen LogP contribution in [-0.2, 0) is 0 Å². The van der Waals surface area contributed by atoms with E-state index in [2.05, 4.69) is 55.4 Å². The molecule has 0 aliphatic carbocycles. The van der Waals surface area contributed by atoms with Crippen LogP contribution in [0.25, 0.3) is 21.5 Å². The number of benzene rings is 1. The van der Waals surface area contributed by atoms with Crippen molar-refractivity contribution in [1.82, 2.24) is 14.6 Å². The van der Waals surface area contributed by atoms with Gasteiger partial charge in [0.05, 0.1) is 10.4 Å². The molecule has 3 aromatic rings. The second-order valence-electron chi connectivity index (χ2n) is 3.14. The Bertz CT molecular complexity index is 600. The molecule has 0 saturated carbocycles. The number of aromatic nitrogens is 3. The molecule has 0 amide bonds. The Balaban J connectivity index is 2.32. The highest BCUT2D eigenvalue weighted by atomic mass is 127. The molecule has 0 aliphatic heterocycles. The second-order valence-corrected chi connectivity index (χ2v) is 5.22. The van der Waals surface area contributed by atoms with Crippen LogP contribution in [0.3, 0.4) is 0 Å². The van der Waals surface area contributed by atoms with Gasteiger partial charge in [-0.1, -0.05) is 0 Å². The van der Waals surface area contributed by atoms with Crippen LogP contribution >= 0.6 is 34.1 Å². The number of fused-ring (bicyclic) bond motifs is 1. The van der Waals surface area contributed by atoms with Crippen LogP contribution in [-0.4, -0.2) is 14.6 Å². The largest absolute Gasteiger partial charge is 0.277 e. The molecule has 0 aliphatic rings. The molecule has 15 heavy (non-hydrogen) atoms. The molecule has 0 radical (unpaired) electrons. The Morgan fingerprint density at radius 3 is 3.00 bits per heavy atom. The Labute approximate surface area is 104 Å². The molecule has 2 aromatic heterocycles. The maximum atomic E-state index is 4.32. The predicted octanol–water partition coefficient (Wildman–Crippen LogP) is 3.29. The van der Waals surface area contributed by atoms with Crippen molar-refractivity contribution in [3.05, 3.63) is 34.0 Å². The lowest BCUT2D eigenvalue weighted by molar-refractivity contribution is 1.13. The van der Waals surface area contributed by atoms with Gasteiger partial charge in [-0.05, 0) is 58.4 Å². The summed E-state index contributed by atoms with van der Waals surface area (Å²) >= 11 is 3.77. The molecule has 5 heteroatoms. The summed E-state index contributed by atoms with van der Waals surface area (Å²) in [5, 5.41) is 8.51. The van der Waals surface area contributed by atoms with Crippen molar-refractivity contribution in [3.63, 3.8) is 0 Å². The first kappa shape index (κ1) is 9.29. The predicted molar refractivity (Wildman–Crippen MR) is 69.9 cm³/mol. The van der Waals surface area contributed by atoms with Gasteiger partial charge in [-0.2, -0.15) is 5.10 Å². The zero-order valence-corrected chi connectivity index (χ0v) is 10.5. The normalized spacial score (nSPS) is 11.0. The van der Waals surface area contributed by atoms with E-state index in [1.807, 2.05) is 6.07 Å². The standard InChI is InChI=1S/C10H6IN3S/c11-6-1-2-8-7(5-6)10(14-13-8)9-3-4-12-15-9/h1-5H,(H,13,14). The van der Waals surface area contributed by atoms with Gasteiger partial charge in [0.2, 0.25) is 0 Å². The van der Waals surface area contributed by atoms with Crippen LogP contribution in [0, 0.1) is 3.57 Å². The summed E-state index contributed by atoms with van der Waals surface area (Å²) in [6.07, 6.45) is 1.80. The number of rotatable bonds is 1. The number of hydrogen-bond donors (Lipinski definition) is 1. The number of hydrogen-bond acceptors (Lipinski definition) is 3. The van der Waals surface area contributed by atoms with E-state index in [0.29, 0.717) is 0 Å². The van der Waals surface area contributed by atoms with Crippen molar-refractivity contribution in [3.8, 4) is 10.6 Å². The Hall–Kier alpha value is -0.950. The number of nitrogens with zero attached hydrogens (tertiary/aromatic N) is 2. The van der Waals surface area contributed by atoms with Crippen molar-refractivity contribution < 1.29 is 0 Å². The summed E-state index contributed by atoms with van der Waals surface area (Å²) in [7, 11) is 0.